The number of rotatable bonds is 5. The Bertz CT molecular complexity index is 685. The van der Waals surface area contributed by atoms with Crippen LogP contribution in [0.15, 0.2) is 48.8 Å². The van der Waals surface area contributed by atoms with Crippen LogP contribution in [0.3, 0.4) is 0 Å². The van der Waals surface area contributed by atoms with Gasteiger partial charge in [-0.2, -0.15) is 0 Å². The molecule has 3 rings (SSSR count). The topological polar surface area (TPSA) is 63.7 Å². The molecule has 0 unspecified atom stereocenters. The maximum atomic E-state index is 12.5. The van der Waals surface area contributed by atoms with Crippen molar-refractivity contribution in [2.45, 2.75) is 25.9 Å². The molecule has 0 spiro atoms. The lowest BCUT2D eigenvalue weighted by molar-refractivity contribution is 0.115. The lowest BCUT2D eigenvalue weighted by Gasteiger charge is -2.32. The molecule has 6 nitrogen and oxygen atoms in total. The third-order valence-corrected chi connectivity index (χ3v) is 4.09. The van der Waals surface area contributed by atoms with E-state index in [2.05, 4.69) is 10.3 Å². The van der Waals surface area contributed by atoms with E-state index in [1.807, 2.05) is 48.2 Å². The van der Waals surface area contributed by atoms with Gasteiger partial charge >= 0.3 is 6.03 Å². The number of carbonyl (C=O) groups excluding carboxylic acids is 1. The molecule has 25 heavy (non-hydrogen) atoms. The monoisotopic (exact) mass is 341 g/mol. The predicted octanol–water partition coefficient (Wildman–Crippen LogP) is 3.56. The summed E-state index contributed by atoms with van der Waals surface area (Å²) in [6.45, 7) is 3.80. The first-order valence-electron chi connectivity index (χ1n) is 8.60. The molecule has 1 aliphatic rings. The maximum absolute atomic E-state index is 12.5. The number of urea groups is 1. The predicted molar refractivity (Wildman–Crippen MR) is 96.1 cm³/mol. The second kappa shape index (κ2) is 8.37. The van der Waals surface area contributed by atoms with Crippen molar-refractivity contribution in [3.05, 3.63) is 48.8 Å². The fourth-order valence-electron chi connectivity index (χ4n) is 2.83. The summed E-state index contributed by atoms with van der Waals surface area (Å²) in [5.41, 5.74) is 0.697. The first-order valence-corrected chi connectivity index (χ1v) is 8.60. The number of aromatic nitrogens is 1. The summed E-state index contributed by atoms with van der Waals surface area (Å²) in [5, 5.41) is 2.94. The summed E-state index contributed by atoms with van der Waals surface area (Å²) in [6, 6.07) is 11.1. The van der Waals surface area contributed by atoms with Crippen LogP contribution >= 0.6 is 0 Å². The molecule has 1 aromatic carbocycles. The van der Waals surface area contributed by atoms with Crippen LogP contribution in [0.5, 0.6) is 11.5 Å². The highest BCUT2D eigenvalue weighted by atomic mass is 16.5. The molecule has 1 saturated heterocycles. The zero-order valence-corrected chi connectivity index (χ0v) is 14.4. The van der Waals surface area contributed by atoms with E-state index in [0.717, 1.165) is 18.6 Å². The SMILES string of the molecule is CCOc1ccccc1NC(=O)N1CCC(Oc2cccnc2)CC1. The molecule has 1 aromatic heterocycles. The first kappa shape index (κ1) is 17.1. The van der Waals surface area contributed by atoms with E-state index >= 15 is 0 Å². The van der Waals surface area contributed by atoms with Crippen molar-refractivity contribution in [3.63, 3.8) is 0 Å². The molecule has 0 atom stereocenters. The zero-order chi connectivity index (χ0) is 17.5. The number of likely N-dealkylation sites (tertiary alicyclic amines) is 1. The van der Waals surface area contributed by atoms with Gasteiger partial charge < -0.3 is 19.7 Å². The number of benzene rings is 1. The molecule has 0 radical (unpaired) electrons. The molecule has 2 aromatic rings. The largest absolute Gasteiger partial charge is 0.492 e. The number of piperidine rings is 1. The van der Waals surface area contributed by atoms with Gasteiger partial charge in [-0.15, -0.1) is 0 Å². The third-order valence-electron chi connectivity index (χ3n) is 4.09. The summed E-state index contributed by atoms with van der Waals surface area (Å²) in [6.07, 6.45) is 5.15. The molecule has 1 fully saturated rings. The second-order valence-electron chi connectivity index (χ2n) is 5.85. The average molecular weight is 341 g/mol. The summed E-state index contributed by atoms with van der Waals surface area (Å²) in [7, 11) is 0. The number of nitrogens with one attached hydrogen (secondary N) is 1. The molecule has 1 N–H and O–H groups in total. The molecule has 2 amide bonds. The van der Waals surface area contributed by atoms with Gasteiger partial charge in [0.2, 0.25) is 0 Å². The molecule has 0 aliphatic carbocycles. The van der Waals surface area contributed by atoms with Crippen molar-refractivity contribution < 1.29 is 14.3 Å². The van der Waals surface area contributed by atoms with Crippen molar-refractivity contribution in [2.24, 2.45) is 0 Å². The van der Waals surface area contributed by atoms with Crippen LogP contribution in [0.25, 0.3) is 0 Å². The normalized spacial score (nSPS) is 14.8. The van der Waals surface area contributed by atoms with Gasteiger partial charge in [-0.25, -0.2) is 4.79 Å². The van der Waals surface area contributed by atoms with Crippen LogP contribution in [0.1, 0.15) is 19.8 Å². The summed E-state index contributed by atoms with van der Waals surface area (Å²) >= 11 is 0. The molecule has 132 valence electrons. The quantitative estimate of drug-likeness (QED) is 0.903. The standard InChI is InChI=1S/C19H23N3O3/c1-2-24-18-8-4-3-7-17(18)21-19(23)22-12-9-15(10-13-22)25-16-6-5-11-20-14-16/h3-8,11,14-15H,2,9-10,12-13H2,1H3,(H,21,23). The van der Waals surface area contributed by atoms with Crippen molar-refractivity contribution in [3.8, 4) is 11.5 Å². The fourth-order valence-corrected chi connectivity index (χ4v) is 2.83. The maximum Gasteiger partial charge on any atom is 0.321 e. The highest BCUT2D eigenvalue weighted by Crippen LogP contribution is 2.25. The summed E-state index contributed by atoms with van der Waals surface area (Å²) < 4.78 is 11.5. The van der Waals surface area contributed by atoms with E-state index in [1.54, 1.807) is 12.4 Å². The zero-order valence-electron chi connectivity index (χ0n) is 14.4. The van der Waals surface area contributed by atoms with Gasteiger partial charge in [0.05, 0.1) is 18.5 Å². The van der Waals surface area contributed by atoms with Crippen LogP contribution in [-0.2, 0) is 0 Å². The Labute approximate surface area is 147 Å². The first-order chi connectivity index (χ1) is 12.3. The highest BCUT2D eigenvalue weighted by molar-refractivity contribution is 5.91. The second-order valence-corrected chi connectivity index (χ2v) is 5.85. The van der Waals surface area contributed by atoms with E-state index in [1.165, 1.54) is 0 Å². The number of para-hydroxylation sites is 2. The third kappa shape index (κ3) is 4.62. The fraction of sp³-hybridized carbons (Fsp3) is 0.368. The Balaban J connectivity index is 1.52. The minimum absolute atomic E-state index is 0.105. The van der Waals surface area contributed by atoms with Crippen LogP contribution in [0.4, 0.5) is 10.5 Å². The molecular weight excluding hydrogens is 318 g/mol. The van der Waals surface area contributed by atoms with Gasteiger partial charge in [-0.3, -0.25) is 4.98 Å². The minimum atomic E-state index is -0.105. The van der Waals surface area contributed by atoms with Gasteiger partial charge in [0, 0.05) is 32.1 Å². The van der Waals surface area contributed by atoms with E-state index in [9.17, 15) is 4.79 Å². The van der Waals surface area contributed by atoms with Crippen LogP contribution < -0.4 is 14.8 Å². The number of hydrogen-bond acceptors (Lipinski definition) is 4. The number of nitrogens with zero attached hydrogens (tertiary/aromatic N) is 2. The van der Waals surface area contributed by atoms with Gasteiger partial charge in [0.15, 0.2) is 0 Å². The lowest BCUT2D eigenvalue weighted by atomic mass is 10.1. The number of hydrogen-bond donors (Lipinski definition) is 1. The number of pyridine rings is 1. The molecule has 2 heterocycles. The van der Waals surface area contributed by atoms with Gasteiger partial charge in [-0.05, 0) is 31.2 Å². The molecular formula is C19H23N3O3. The Kier molecular flexibility index (Phi) is 5.72. The minimum Gasteiger partial charge on any atom is -0.492 e. The Morgan fingerprint density at radius 2 is 2.04 bits per heavy atom. The smallest absolute Gasteiger partial charge is 0.321 e. The molecule has 0 saturated carbocycles. The molecule has 1 aliphatic heterocycles. The van der Waals surface area contributed by atoms with Gasteiger partial charge in [-0.1, -0.05) is 12.1 Å². The van der Waals surface area contributed by atoms with Gasteiger partial charge in [0.1, 0.15) is 17.6 Å². The van der Waals surface area contributed by atoms with Crippen molar-refractivity contribution in [1.29, 1.82) is 0 Å². The van der Waals surface area contributed by atoms with E-state index in [-0.39, 0.29) is 12.1 Å². The van der Waals surface area contributed by atoms with Crippen LogP contribution in [-0.4, -0.2) is 41.7 Å². The van der Waals surface area contributed by atoms with Gasteiger partial charge in [0.25, 0.3) is 0 Å². The molecule has 0 bridgehead atoms. The highest BCUT2D eigenvalue weighted by Gasteiger charge is 2.24. The lowest BCUT2D eigenvalue weighted by Crippen LogP contribution is -2.43. The summed E-state index contributed by atoms with van der Waals surface area (Å²) in [4.78, 5) is 18.4. The number of carbonyl (C=O) groups is 1. The number of anilines is 1. The van der Waals surface area contributed by atoms with Crippen molar-refractivity contribution >= 4 is 11.7 Å². The average Bonchev–Trinajstić information content (AvgIpc) is 2.65. The Morgan fingerprint density at radius 1 is 1.24 bits per heavy atom. The summed E-state index contributed by atoms with van der Waals surface area (Å²) in [5.74, 6) is 1.46. The van der Waals surface area contributed by atoms with Crippen molar-refractivity contribution in [2.75, 3.05) is 25.0 Å². The van der Waals surface area contributed by atoms with Crippen LogP contribution in [0, 0.1) is 0 Å². The van der Waals surface area contributed by atoms with Crippen molar-refractivity contribution in [1.82, 2.24) is 9.88 Å². The number of ether oxygens (including phenoxy) is 2. The Hall–Kier alpha value is -2.76. The van der Waals surface area contributed by atoms with E-state index in [0.29, 0.717) is 31.1 Å². The molecule has 6 heteroatoms. The van der Waals surface area contributed by atoms with E-state index in [4.69, 9.17) is 9.47 Å². The Morgan fingerprint density at radius 3 is 2.76 bits per heavy atom. The van der Waals surface area contributed by atoms with Crippen LogP contribution in [0.2, 0.25) is 0 Å². The number of amides is 2. The van der Waals surface area contributed by atoms with E-state index < -0.39 is 0 Å².